The molecule has 7 atom stereocenters. The van der Waals surface area contributed by atoms with Crippen LogP contribution in [0.1, 0.15) is 81.5 Å². The Hall–Kier alpha value is -2.18. The van der Waals surface area contributed by atoms with Crippen LogP contribution in [-0.2, 0) is 6.42 Å². The Morgan fingerprint density at radius 1 is 0.927 bits per heavy atom. The van der Waals surface area contributed by atoms with Gasteiger partial charge >= 0.3 is 0 Å². The number of nitrogens with one attached hydrogen (secondary N) is 2. The van der Waals surface area contributed by atoms with Crippen LogP contribution >= 0.6 is 0 Å². The lowest BCUT2D eigenvalue weighted by Gasteiger charge is -2.59. The molecule has 1 aliphatic carbocycles. The van der Waals surface area contributed by atoms with Gasteiger partial charge < -0.3 is 20.3 Å². The molecule has 5 aliphatic heterocycles. The Kier molecular flexibility index (Phi) is 6.78. The third kappa shape index (κ3) is 4.33. The van der Waals surface area contributed by atoms with Crippen molar-refractivity contribution in [1.82, 2.24) is 20.1 Å². The van der Waals surface area contributed by atoms with Gasteiger partial charge in [-0.25, -0.2) is 0 Å². The highest BCUT2D eigenvalue weighted by Gasteiger charge is 2.66. The van der Waals surface area contributed by atoms with E-state index in [0.29, 0.717) is 12.0 Å². The summed E-state index contributed by atoms with van der Waals surface area (Å²) < 4.78 is 0. The van der Waals surface area contributed by atoms with E-state index in [-0.39, 0.29) is 17.5 Å². The standard InChI is InChI=1S/C36H48N4O/c41-36-18-10-4-1-2-5-11-20-39-22-17-30(35(25-39)23-26-13-7-3-6-12-21-40(26)34(35)36)29(24-36)32-33-28(16-19-37-32)27-14-8-9-15-31(27)38-33/h1,4,7-9,13-15,24,26,30,32,34,37-38,41H,2-3,5-6,10-12,16-23,25H2/t26?,30-,32?,34+,35-,36-/m0/s1. The first-order valence-corrected chi connectivity index (χ1v) is 16.7. The number of piperidine rings is 1. The second kappa shape index (κ2) is 10.5. The lowest BCUT2D eigenvalue weighted by atomic mass is 9.54. The SMILES string of the molecule is O[C@]12C=C(C3NCCc4c3[nH]c3ccccc43)[C@@H]3CCN(CCCCC=CCC1)C[C@@]31CC3C=CCCCCN3[C@H]12. The molecule has 5 nitrogen and oxygen atoms in total. The van der Waals surface area contributed by atoms with E-state index in [1.54, 1.807) is 0 Å². The van der Waals surface area contributed by atoms with Gasteiger partial charge in [0.15, 0.2) is 0 Å². The van der Waals surface area contributed by atoms with Crippen LogP contribution in [0.25, 0.3) is 10.9 Å². The van der Waals surface area contributed by atoms with Crippen LogP contribution in [0.3, 0.4) is 0 Å². The maximum absolute atomic E-state index is 13.1. The highest BCUT2D eigenvalue weighted by molar-refractivity contribution is 5.85. The highest BCUT2D eigenvalue weighted by Crippen LogP contribution is 2.61. The highest BCUT2D eigenvalue weighted by atomic mass is 16.3. The molecule has 8 rings (SSSR count). The zero-order valence-electron chi connectivity index (χ0n) is 24.7. The van der Waals surface area contributed by atoms with E-state index in [2.05, 4.69) is 74.7 Å². The number of fused-ring (bicyclic) bond motifs is 5. The first-order valence-electron chi connectivity index (χ1n) is 16.7. The van der Waals surface area contributed by atoms with Crippen LogP contribution < -0.4 is 5.32 Å². The largest absolute Gasteiger partial charge is 0.384 e. The fourth-order valence-corrected chi connectivity index (χ4v) is 10.2. The summed E-state index contributed by atoms with van der Waals surface area (Å²) in [6.07, 6.45) is 24.8. The minimum Gasteiger partial charge on any atom is -0.384 e. The van der Waals surface area contributed by atoms with E-state index >= 15 is 0 Å². The van der Waals surface area contributed by atoms with Crippen LogP contribution in [0.4, 0.5) is 0 Å². The quantitative estimate of drug-likeness (QED) is 0.378. The molecule has 5 heteroatoms. The van der Waals surface area contributed by atoms with Gasteiger partial charge in [0, 0.05) is 41.1 Å². The number of benzene rings is 1. The van der Waals surface area contributed by atoms with Crippen molar-refractivity contribution in [3.63, 3.8) is 0 Å². The number of nitrogens with zero attached hydrogens (tertiary/aromatic N) is 2. The predicted molar refractivity (Wildman–Crippen MR) is 167 cm³/mol. The van der Waals surface area contributed by atoms with Crippen molar-refractivity contribution in [1.29, 1.82) is 0 Å². The van der Waals surface area contributed by atoms with Crippen molar-refractivity contribution in [2.24, 2.45) is 11.3 Å². The molecule has 1 aromatic carbocycles. The molecule has 0 radical (unpaired) electrons. The first-order chi connectivity index (χ1) is 20.2. The number of para-hydroxylation sites is 1. The summed E-state index contributed by atoms with van der Waals surface area (Å²) in [6.45, 7) is 5.61. The normalized spacial score (nSPS) is 39.4. The van der Waals surface area contributed by atoms with E-state index in [9.17, 15) is 5.11 Å². The molecule has 1 aromatic heterocycles. The van der Waals surface area contributed by atoms with Gasteiger partial charge in [0.2, 0.25) is 0 Å². The summed E-state index contributed by atoms with van der Waals surface area (Å²) in [5.74, 6) is 0.487. The monoisotopic (exact) mass is 552 g/mol. The lowest BCUT2D eigenvalue weighted by molar-refractivity contribution is -0.0984. The molecular weight excluding hydrogens is 504 g/mol. The van der Waals surface area contributed by atoms with Gasteiger partial charge in [0.25, 0.3) is 0 Å². The fraction of sp³-hybridized carbons (Fsp3) is 0.611. The summed E-state index contributed by atoms with van der Waals surface area (Å²) in [5, 5.41) is 18.5. The average Bonchev–Trinajstić information content (AvgIpc) is 3.49. The number of H-pyrrole nitrogens is 1. The van der Waals surface area contributed by atoms with Gasteiger partial charge in [0.05, 0.1) is 17.7 Å². The minimum atomic E-state index is -0.833. The molecule has 6 heterocycles. The van der Waals surface area contributed by atoms with Crippen LogP contribution in [0, 0.1) is 11.3 Å². The Balaban J connectivity index is 1.30. The molecule has 218 valence electrons. The van der Waals surface area contributed by atoms with Crippen LogP contribution in [0.5, 0.6) is 0 Å². The number of aliphatic hydroxyl groups is 1. The maximum Gasteiger partial charge on any atom is 0.0994 e. The summed E-state index contributed by atoms with van der Waals surface area (Å²) in [4.78, 5) is 9.45. The topological polar surface area (TPSA) is 54.5 Å². The van der Waals surface area contributed by atoms with Gasteiger partial charge in [-0.15, -0.1) is 0 Å². The third-order valence-corrected chi connectivity index (χ3v) is 11.7. The van der Waals surface area contributed by atoms with E-state index in [1.807, 2.05) is 0 Å². The van der Waals surface area contributed by atoms with Crippen molar-refractivity contribution in [2.75, 3.05) is 32.7 Å². The smallest absolute Gasteiger partial charge is 0.0994 e. The summed E-state index contributed by atoms with van der Waals surface area (Å²) >= 11 is 0. The van der Waals surface area contributed by atoms with Crippen molar-refractivity contribution in [3.8, 4) is 0 Å². The van der Waals surface area contributed by atoms with E-state index < -0.39 is 5.60 Å². The number of allylic oxidation sites excluding steroid dienone is 3. The molecule has 2 aromatic rings. The first kappa shape index (κ1) is 26.4. The Morgan fingerprint density at radius 3 is 2.73 bits per heavy atom. The fourth-order valence-electron chi connectivity index (χ4n) is 10.2. The van der Waals surface area contributed by atoms with E-state index in [4.69, 9.17) is 0 Å². The summed E-state index contributed by atoms with van der Waals surface area (Å²) in [7, 11) is 0. The second-order valence-electron chi connectivity index (χ2n) is 14.0. The van der Waals surface area contributed by atoms with E-state index in [0.717, 1.165) is 38.9 Å². The summed E-state index contributed by atoms with van der Waals surface area (Å²) in [6, 6.07) is 9.61. The minimum absolute atomic E-state index is 0.0690. The number of hydrogen-bond acceptors (Lipinski definition) is 4. The molecule has 2 saturated heterocycles. The number of hydrogen-bond donors (Lipinski definition) is 3. The van der Waals surface area contributed by atoms with Crippen molar-refractivity contribution in [3.05, 3.63) is 71.5 Å². The van der Waals surface area contributed by atoms with Crippen molar-refractivity contribution >= 4 is 10.9 Å². The van der Waals surface area contributed by atoms with E-state index in [1.165, 1.54) is 92.2 Å². The number of rotatable bonds is 1. The average molecular weight is 553 g/mol. The zero-order chi connectivity index (χ0) is 27.4. The molecule has 3 unspecified atom stereocenters. The molecule has 3 bridgehead atoms. The molecular formula is C36H48N4O. The van der Waals surface area contributed by atoms with Gasteiger partial charge in [-0.3, -0.25) is 4.90 Å². The van der Waals surface area contributed by atoms with Crippen molar-refractivity contribution < 1.29 is 5.11 Å². The molecule has 3 N–H and O–H groups in total. The molecule has 0 amide bonds. The summed E-state index contributed by atoms with van der Waals surface area (Å²) in [5.41, 5.74) is 4.80. The third-order valence-electron chi connectivity index (χ3n) is 11.7. The van der Waals surface area contributed by atoms with Gasteiger partial charge in [-0.05, 0) is 113 Å². The Labute approximate surface area is 245 Å². The van der Waals surface area contributed by atoms with Gasteiger partial charge in [-0.1, -0.05) is 48.6 Å². The number of aromatic nitrogens is 1. The van der Waals surface area contributed by atoms with Gasteiger partial charge in [0.1, 0.15) is 0 Å². The Bertz CT molecular complexity index is 1370. The van der Waals surface area contributed by atoms with Crippen LogP contribution in [0.2, 0.25) is 0 Å². The number of aromatic amines is 1. The van der Waals surface area contributed by atoms with Gasteiger partial charge in [-0.2, -0.15) is 0 Å². The molecule has 6 aliphatic rings. The molecule has 41 heavy (non-hydrogen) atoms. The van der Waals surface area contributed by atoms with Crippen LogP contribution in [0.15, 0.2) is 60.2 Å². The Morgan fingerprint density at radius 2 is 1.78 bits per heavy atom. The van der Waals surface area contributed by atoms with Crippen LogP contribution in [-0.4, -0.2) is 70.3 Å². The maximum atomic E-state index is 13.1. The van der Waals surface area contributed by atoms with Crippen molar-refractivity contribution in [2.45, 2.75) is 94.4 Å². The molecule has 2 fully saturated rings. The second-order valence-corrected chi connectivity index (χ2v) is 14.0. The predicted octanol–water partition coefficient (Wildman–Crippen LogP) is 6.04. The molecule has 0 saturated carbocycles. The lowest BCUT2D eigenvalue weighted by Crippen LogP contribution is -2.66. The molecule has 1 spiro atoms. The zero-order valence-corrected chi connectivity index (χ0v) is 24.7.